The Morgan fingerprint density at radius 2 is 0.957 bits per heavy atom. The minimum atomic E-state index is 0.242. The Labute approximate surface area is 274 Å². The highest BCUT2D eigenvalue weighted by molar-refractivity contribution is 6.50. The zero-order valence-electron chi connectivity index (χ0n) is 25.7. The van der Waals surface area contributed by atoms with Crippen molar-refractivity contribution in [3.8, 4) is 33.4 Å². The third kappa shape index (κ3) is 6.00. The van der Waals surface area contributed by atoms with Gasteiger partial charge in [-0.2, -0.15) is 0 Å². The summed E-state index contributed by atoms with van der Waals surface area (Å²) in [6.45, 7) is 0. The Kier molecular flexibility index (Phi) is 8.06. The highest BCUT2D eigenvalue weighted by Crippen LogP contribution is 2.43. The van der Waals surface area contributed by atoms with Crippen molar-refractivity contribution >= 4 is 44.2 Å². The molecule has 224 valence electrons. The van der Waals surface area contributed by atoms with Gasteiger partial charge in [0, 0.05) is 18.1 Å². The zero-order valence-corrected chi connectivity index (χ0v) is 25.7. The predicted octanol–water partition coefficient (Wildman–Crippen LogP) is 10.7. The highest BCUT2D eigenvalue weighted by Gasteiger charge is 2.17. The van der Waals surface area contributed by atoms with Crippen LogP contribution in [0.25, 0.3) is 60.5 Å². The molecule has 7 aromatic rings. The number of aromatic nitrogens is 1. The number of allylic oxidation sites excluding steroid dienone is 4. The van der Waals surface area contributed by atoms with Gasteiger partial charge in [-0.05, 0) is 109 Å². The van der Waals surface area contributed by atoms with Crippen LogP contribution < -0.4 is 5.73 Å². The molecule has 1 aliphatic carbocycles. The van der Waals surface area contributed by atoms with E-state index in [2.05, 4.69) is 108 Å². The molecule has 47 heavy (non-hydrogen) atoms. The lowest BCUT2D eigenvalue weighted by molar-refractivity contribution is 1.33. The van der Waals surface area contributed by atoms with E-state index in [-0.39, 0.29) is 11.4 Å². The summed E-state index contributed by atoms with van der Waals surface area (Å²) in [4.78, 5) is 3.96. The van der Waals surface area contributed by atoms with Gasteiger partial charge < -0.3 is 5.73 Å². The molecule has 1 heterocycles. The number of rotatable bonds is 4. The summed E-state index contributed by atoms with van der Waals surface area (Å²) in [6, 6.07) is 48.2. The fraction of sp³-hybridized carbons (Fsp3) is 0. The maximum Gasteiger partial charge on any atom is 0.0795 e. The molecule has 1 aliphatic rings. The van der Waals surface area contributed by atoms with Crippen molar-refractivity contribution in [2.45, 2.75) is 0 Å². The van der Waals surface area contributed by atoms with Gasteiger partial charge in [-0.25, -0.2) is 0 Å². The molecule has 6 aromatic carbocycles. The van der Waals surface area contributed by atoms with Gasteiger partial charge >= 0.3 is 0 Å². The van der Waals surface area contributed by atoms with E-state index in [9.17, 15) is 0 Å². The fourth-order valence-corrected chi connectivity index (χ4v) is 6.20. The van der Waals surface area contributed by atoms with Crippen LogP contribution in [0, 0.1) is 10.8 Å². The molecule has 0 aliphatic heterocycles. The van der Waals surface area contributed by atoms with Gasteiger partial charge in [0.2, 0.25) is 0 Å². The summed E-state index contributed by atoms with van der Waals surface area (Å²) in [5.74, 6) is 0. The second-order valence-electron chi connectivity index (χ2n) is 11.4. The number of pyridine rings is 1. The Balaban J connectivity index is 0.000000226. The molecule has 4 nitrogen and oxygen atoms in total. The minimum absolute atomic E-state index is 0.242. The van der Waals surface area contributed by atoms with Gasteiger partial charge in [0.1, 0.15) is 0 Å². The lowest BCUT2D eigenvalue weighted by atomic mass is 9.85. The fourth-order valence-electron chi connectivity index (χ4n) is 6.20. The van der Waals surface area contributed by atoms with E-state index >= 15 is 0 Å². The van der Waals surface area contributed by atoms with Crippen molar-refractivity contribution in [3.05, 3.63) is 176 Å². The summed E-state index contributed by atoms with van der Waals surface area (Å²) >= 11 is 0. The van der Waals surface area contributed by atoms with E-state index in [1.807, 2.05) is 42.5 Å². The third-order valence-electron chi connectivity index (χ3n) is 8.40. The first kappa shape index (κ1) is 29.3. The van der Waals surface area contributed by atoms with Gasteiger partial charge in [0.05, 0.1) is 11.4 Å². The summed E-state index contributed by atoms with van der Waals surface area (Å²) in [5.41, 5.74) is 16.1. The average molecular weight is 605 g/mol. The van der Waals surface area contributed by atoms with Gasteiger partial charge in [-0.3, -0.25) is 15.8 Å². The molecule has 1 aromatic heterocycles. The van der Waals surface area contributed by atoms with Crippen LogP contribution in [0.2, 0.25) is 0 Å². The van der Waals surface area contributed by atoms with E-state index in [4.69, 9.17) is 16.6 Å². The van der Waals surface area contributed by atoms with Crippen LogP contribution >= 0.6 is 0 Å². The van der Waals surface area contributed by atoms with Crippen LogP contribution in [0.3, 0.4) is 0 Å². The van der Waals surface area contributed by atoms with Gasteiger partial charge in [-0.1, -0.05) is 115 Å². The molecule has 0 saturated heterocycles. The van der Waals surface area contributed by atoms with Crippen LogP contribution in [0.5, 0.6) is 0 Å². The first-order chi connectivity index (χ1) is 23.1. The molecule has 0 spiro atoms. The van der Waals surface area contributed by atoms with Crippen LogP contribution in [-0.2, 0) is 0 Å². The SMILES string of the molecule is N=C1C=CC(c2cccc(-c3c4ccccc4c(-c4ccccc4)c4ccccc34)c2)=CC1=N.Nc1cccc(-c2ccncc2)c1. The van der Waals surface area contributed by atoms with Crippen molar-refractivity contribution in [2.75, 3.05) is 5.73 Å². The van der Waals surface area contributed by atoms with Crippen molar-refractivity contribution in [1.82, 2.24) is 4.98 Å². The smallest absolute Gasteiger partial charge is 0.0795 e. The Morgan fingerprint density at radius 1 is 0.426 bits per heavy atom. The number of nitrogen functional groups attached to an aromatic ring is 1. The van der Waals surface area contributed by atoms with E-state index < -0.39 is 0 Å². The van der Waals surface area contributed by atoms with Crippen molar-refractivity contribution in [2.24, 2.45) is 0 Å². The number of benzene rings is 6. The molecule has 0 radical (unpaired) electrons. The van der Waals surface area contributed by atoms with Gasteiger partial charge in [0.15, 0.2) is 0 Å². The molecule has 4 N–H and O–H groups in total. The monoisotopic (exact) mass is 604 g/mol. The van der Waals surface area contributed by atoms with E-state index in [0.717, 1.165) is 33.5 Å². The molecule has 0 fully saturated rings. The number of anilines is 1. The topological polar surface area (TPSA) is 86.6 Å². The number of nitrogens with two attached hydrogens (primary N) is 1. The second kappa shape index (κ2) is 12.9. The number of hydrogen-bond donors (Lipinski definition) is 3. The normalized spacial score (nSPS) is 12.5. The second-order valence-corrected chi connectivity index (χ2v) is 11.4. The molecule has 0 atom stereocenters. The molecule has 4 heteroatoms. The maximum absolute atomic E-state index is 8.06. The predicted molar refractivity (Wildman–Crippen MR) is 199 cm³/mol. The zero-order chi connectivity index (χ0) is 32.2. The summed E-state index contributed by atoms with van der Waals surface area (Å²) in [6.07, 6.45) is 8.95. The molecular formula is C43H32N4. The minimum Gasteiger partial charge on any atom is -0.399 e. The van der Waals surface area contributed by atoms with Crippen LogP contribution in [0.4, 0.5) is 5.69 Å². The maximum atomic E-state index is 8.06. The molecule has 0 saturated carbocycles. The number of hydrogen-bond acceptors (Lipinski definition) is 4. The lowest BCUT2D eigenvalue weighted by Gasteiger charge is -2.18. The number of nitrogens with one attached hydrogen (secondary N) is 2. The molecular weight excluding hydrogens is 573 g/mol. The van der Waals surface area contributed by atoms with Crippen molar-refractivity contribution in [3.63, 3.8) is 0 Å². The standard InChI is InChI=1S/C32H22N2.C11H10N2/c33-29-18-17-23(20-30(29)34)22-11-8-12-24(19-22)32-27-15-6-4-13-25(27)31(21-9-2-1-3-10-21)26-14-5-7-16-28(26)32;12-11-3-1-2-10(8-11)9-4-6-13-7-5-9/h1-20,33-34H;1-8H,12H2. The Morgan fingerprint density at radius 3 is 1.57 bits per heavy atom. The van der Waals surface area contributed by atoms with Gasteiger partial charge in [-0.15, -0.1) is 0 Å². The Bertz CT molecular complexity index is 2280. The van der Waals surface area contributed by atoms with E-state index in [1.165, 1.54) is 38.2 Å². The van der Waals surface area contributed by atoms with Crippen LogP contribution in [0.15, 0.2) is 170 Å². The number of nitrogens with zero attached hydrogens (tertiary/aromatic N) is 1. The molecule has 8 rings (SSSR count). The summed E-state index contributed by atoms with van der Waals surface area (Å²) in [7, 11) is 0. The van der Waals surface area contributed by atoms with E-state index in [0.29, 0.717) is 0 Å². The summed E-state index contributed by atoms with van der Waals surface area (Å²) in [5, 5.41) is 20.8. The highest BCUT2D eigenvalue weighted by atomic mass is 14.6. The van der Waals surface area contributed by atoms with Crippen LogP contribution in [-0.4, -0.2) is 16.4 Å². The molecule has 0 unspecified atom stereocenters. The van der Waals surface area contributed by atoms with E-state index in [1.54, 1.807) is 24.5 Å². The quantitative estimate of drug-likeness (QED) is 0.106. The first-order valence-electron chi connectivity index (χ1n) is 15.5. The average Bonchev–Trinajstić information content (AvgIpc) is 3.13. The Hall–Kier alpha value is -6.39. The van der Waals surface area contributed by atoms with Crippen molar-refractivity contribution < 1.29 is 0 Å². The largest absolute Gasteiger partial charge is 0.399 e. The molecule has 0 amide bonds. The first-order valence-corrected chi connectivity index (χ1v) is 15.5. The number of fused-ring (bicyclic) bond motifs is 2. The van der Waals surface area contributed by atoms with Crippen LogP contribution in [0.1, 0.15) is 5.56 Å². The summed E-state index contributed by atoms with van der Waals surface area (Å²) < 4.78 is 0. The van der Waals surface area contributed by atoms with Crippen molar-refractivity contribution in [1.29, 1.82) is 10.8 Å². The lowest BCUT2D eigenvalue weighted by Crippen LogP contribution is -2.09. The third-order valence-corrected chi connectivity index (χ3v) is 8.40. The van der Waals surface area contributed by atoms with Gasteiger partial charge in [0.25, 0.3) is 0 Å². The molecule has 0 bridgehead atoms.